The Kier molecular flexibility index (Phi) is 7.12. The number of nitrogens with zero attached hydrogens (tertiary/aromatic N) is 1. The predicted octanol–water partition coefficient (Wildman–Crippen LogP) is 4.12. The van der Waals surface area contributed by atoms with Crippen molar-refractivity contribution in [2.24, 2.45) is 0 Å². The Morgan fingerprint density at radius 2 is 1.85 bits per heavy atom. The number of hydrogen-bond donors (Lipinski definition) is 1. The maximum absolute atomic E-state index is 13.5. The first-order valence-electron chi connectivity index (χ1n) is 8.24. The molecule has 0 unspecified atom stereocenters. The number of carbonyl (C=O) groups is 2. The monoisotopic (exact) mass is 396 g/mol. The summed E-state index contributed by atoms with van der Waals surface area (Å²) in [6.45, 7) is 1.79. The van der Waals surface area contributed by atoms with E-state index in [1.807, 2.05) is 6.92 Å². The molecule has 0 bridgehead atoms. The summed E-state index contributed by atoms with van der Waals surface area (Å²) in [5, 5.41) is 2.45. The summed E-state index contributed by atoms with van der Waals surface area (Å²) in [5.41, 5.74) is 0.258. The Morgan fingerprint density at radius 1 is 1.19 bits per heavy atom. The minimum absolute atomic E-state index is 0.200. The van der Waals surface area contributed by atoms with Crippen LogP contribution < -0.4 is 10.1 Å². The third kappa shape index (κ3) is 5.17. The van der Waals surface area contributed by atoms with Gasteiger partial charge in [0.2, 0.25) is 5.91 Å². The van der Waals surface area contributed by atoms with Crippen LogP contribution in [-0.4, -0.2) is 36.9 Å². The van der Waals surface area contributed by atoms with Crippen LogP contribution in [0.4, 0.5) is 14.5 Å². The van der Waals surface area contributed by atoms with Crippen LogP contribution in [0, 0.1) is 11.6 Å². The van der Waals surface area contributed by atoms with Crippen molar-refractivity contribution in [3.8, 4) is 5.75 Å². The van der Waals surface area contributed by atoms with E-state index in [1.54, 1.807) is 24.3 Å². The van der Waals surface area contributed by atoms with Crippen LogP contribution in [0.1, 0.15) is 23.7 Å². The van der Waals surface area contributed by atoms with E-state index < -0.39 is 23.4 Å². The topological polar surface area (TPSA) is 58.6 Å². The van der Waals surface area contributed by atoms with Crippen molar-refractivity contribution in [2.75, 3.05) is 25.5 Å². The Labute approximate surface area is 160 Å². The molecule has 0 heterocycles. The quantitative estimate of drug-likeness (QED) is 0.716. The lowest BCUT2D eigenvalue weighted by molar-refractivity contribution is -0.116. The molecule has 0 fully saturated rings. The summed E-state index contributed by atoms with van der Waals surface area (Å²) in [7, 11) is 1.48. The summed E-state index contributed by atoms with van der Waals surface area (Å²) in [5.74, 6) is -2.97. The summed E-state index contributed by atoms with van der Waals surface area (Å²) < 4.78 is 31.9. The molecule has 0 aliphatic heterocycles. The van der Waals surface area contributed by atoms with Gasteiger partial charge in [0.05, 0.1) is 23.4 Å². The lowest BCUT2D eigenvalue weighted by Crippen LogP contribution is -2.38. The van der Waals surface area contributed by atoms with Gasteiger partial charge >= 0.3 is 0 Å². The average molecular weight is 397 g/mol. The minimum Gasteiger partial charge on any atom is -0.495 e. The molecule has 0 saturated carbocycles. The highest BCUT2D eigenvalue weighted by atomic mass is 35.5. The zero-order chi connectivity index (χ0) is 20.0. The molecule has 144 valence electrons. The fourth-order valence-corrected chi connectivity index (χ4v) is 2.72. The highest BCUT2D eigenvalue weighted by Gasteiger charge is 2.22. The summed E-state index contributed by atoms with van der Waals surface area (Å²) in [6.07, 6.45) is 0.564. The SMILES string of the molecule is CCCN(CC(=O)Nc1ccccc1OC)C(=O)c1cc(F)c(F)cc1Cl. The van der Waals surface area contributed by atoms with Crippen molar-refractivity contribution in [3.05, 3.63) is 58.6 Å². The summed E-state index contributed by atoms with van der Waals surface area (Å²) >= 11 is 5.88. The van der Waals surface area contributed by atoms with Gasteiger partial charge in [-0.1, -0.05) is 30.7 Å². The molecule has 0 aliphatic carbocycles. The number of para-hydroxylation sites is 2. The van der Waals surface area contributed by atoms with E-state index in [-0.39, 0.29) is 23.7 Å². The van der Waals surface area contributed by atoms with E-state index in [9.17, 15) is 18.4 Å². The number of rotatable bonds is 7. The summed E-state index contributed by atoms with van der Waals surface area (Å²) in [6, 6.07) is 8.31. The molecule has 2 amide bonds. The van der Waals surface area contributed by atoms with Crippen molar-refractivity contribution in [2.45, 2.75) is 13.3 Å². The largest absolute Gasteiger partial charge is 0.495 e. The molecule has 27 heavy (non-hydrogen) atoms. The van der Waals surface area contributed by atoms with Gasteiger partial charge in [0.1, 0.15) is 12.3 Å². The van der Waals surface area contributed by atoms with Gasteiger partial charge < -0.3 is 15.0 Å². The molecule has 0 aromatic heterocycles. The van der Waals surface area contributed by atoms with Gasteiger partial charge in [-0.05, 0) is 30.7 Å². The highest BCUT2D eigenvalue weighted by molar-refractivity contribution is 6.33. The van der Waals surface area contributed by atoms with E-state index in [0.29, 0.717) is 17.9 Å². The van der Waals surface area contributed by atoms with Crippen molar-refractivity contribution < 1.29 is 23.1 Å². The molecule has 2 aromatic carbocycles. The zero-order valence-corrected chi connectivity index (χ0v) is 15.6. The molecule has 8 heteroatoms. The van der Waals surface area contributed by atoms with E-state index in [1.165, 1.54) is 12.0 Å². The number of anilines is 1. The number of ether oxygens (including phenoxy) is 1. The third-order valence-electron chi connectivity index (χ3n) is 3.74. The number of nitrogens with one attached hydrogen (secondary N) is 1. The molecule has 5 nitrogen and oxygen atoms in total. The van der Waals surface area contributed by atoms with Gasteiger partial charge in [0, 0.05) is 6.54 Å². The standard InChI is InChI=1S/C19H19ClF2N2O3/c1-3-8-24(19(26)12-9-14(21)15(22)10-13(12)20)11-18(25)23-16-6-4-5-7-17(16)27-2/h4-7,9-10H,3,8,11H2,1-2H3,(H,23,25). The first-order valence-corrected chi connectivity index (χ1v) is 8.61. The smallest absolute Gasteiger partial charge is 0.255 e. The average Bonchev–Trinajstić information content (AvgIpc) is 2.64. The number of hydrogen-bond acceptors (Lipinski definition) is 3. The molecular weight excluding hydrogens is 378 g/mol. The van der Waals surface area contributed by atoms with Crippen LogP contribution in [0.5, 0.6) is 5.75 Å². The van der Waals surface area contributed by atoms with Gasteiger partial charge in [-0.2, -0.15) is 0 Å². The molecule has 2 aromatic rings. The first-order chi connectivity index (χ1) is 12.9. The summed E-state index contributed by atoms with van der Waals surface area (Å²) in [4.78, 5) is 26.3. The van der Waals surface area contributed by atoms with E-state index in [4.69, 9.17) is 16.3 Å². The number of methoxy groups -OCH3 is 1. The van der Waals surface area contributed by atoms with Crippen molar-refractivity contribution in [1.29, 1.82) is 0 Å². The first kappa shape index (κ1) is 20.6. The molecular formula is C19H19ClF2N2O3. The van der Waals surface area contributed by atoms with Crippen molar-refractivity contribution in [1.82, 2.24) is 4.90 Å². The molecule has 0 radical (unpaired) electrons. The van der Waals surface area contributed by atoms with Gasteiger partial charge in [0.15, 0.2) is 11.6 Å². The Hall–Kier alpha value is -2.67. The second-order valence-electron chi connectivity index (χ2n) is 5.72. The van der Waals surface area contributed by atoms with Crippen LogP contribution >= 0.6 is 11.6 Å². The molecule has 1 N–H and O–H groups in total. The Balaban J connectivity index is 2.18. The molecule has 2 rings (SSSR count). The predicted molar refractivity (Wildman–Crippen MR) is 99.2 cm³/mol. The Bertz CT molecular complexity index is 846. The van der Waals surface area contributed by atoms with Crippen LogP contribution in [0.25, 0.3) is 0 Å². The van der Waals surface area contributed by atoms with Crippen LogP contribution in [0.3, 0.4) is 0 Å². The fourth-order valence-electron chi connectivity index (χ4n) is 2.49. The maximum atomic E-state index is 13.5. The molecule has 0 spiro atoms. The van der Waals surface area contributed by atoms with Crippen molar-refractivity contribution >= 4 is 29.1 Å². The zero-order valence-electron chi connectivity index (χ0n) is 14.9. The molecule has 0 atom stereocenters. The number of halogens is 3. The van der Waals surface area contributed by atoms with Gasteiger partial charge in [-0.3, -0.25) is 9.59 Å². The van der Waals surface area contributed by atoms with E-state index in [0.717, 1.165) is 12.1 Å². The van der Waals surface area contributed by atoms with Crippen molar-refractivity contribution in [3.63, 3.8) is 0 Å². The molecule has 0 aliphatic rings. The Morgan fingerprint density at radius 3 is 2.52 bits per heavy atom. The third-order valence-corrected chi connectivity index (χ3v) is 4.05. The second-order valence-corrected chi connectivity index (χ2v) is 6.13. The number of carbonyl (C=O) groups excluding carboxylic acids is 2. The minimum atomic E-state index is -1.18. The van der Waals surface area contributed by atoms with Gasteiger partial charge in [0.25, 0.3) is 5.91 Å². The second kappa shape index (κ2) is 9.32. The number of amides is 2. The lowest BCUT2D eigenvalue weighted by Gasteiger charge is -2.22. The molecule has 0 saturated heterocycles. The normalized spacial score (nSPS) is 10.4. The van der Waals surface area contributed by atoms with Gasteiger partial charge in [-0.15, -0.1) is 0 Å². The van der Waals surface area contributed by atoms with Crippen LogP contribution in [-0.2, 0) is 4.79 Å². The van der Waals surface area contributed by atoms with Gasteiger partial charge in [-0.25, -0.2) is 8.78 Å². The highest BCUT2D eigenvalue weighted by Crippen LogP contribution is 2.24. The van der Waals surface area contributed by atoms with Crippen LogP contribution in [0.2, 0.25) is 5.02 Å². The van der Waals surface area contributed by atoms with E-state index in [2.05, 4.69) is 5.32 Å². The number of benzene rings is 2. The van der Waals surface area contributed by atoms with Crippen LogP contribution in [0.15, 0.2) is 36.4 Å². The fraction of sp³-hybridized carbons (Fsp3) is 0.263. The maximum Gasteiger partial charge on any atom is 0.255 e. The van der Waals surface area contributed by atoms with E-state index >= 15 is 0 Å². The lowest BCUT2D eigenvalue weighted by atomic mass is 10.1.